The SMILES string of the molecule is CNC(=O)c1ccc(C[C@@H](CNC(=O)CC(c2cc(C)ccn2)C2(C(F)(F)F)CC2)N(C)C)c(Cl)c1. The van der Waals surface area contributed by atoms with E-state index in [2.05, 4.69) is 15.6 Å². The normalized spacial score (nSPS) is 16.4. The van der Waals surface area contributed by atoms with Crippen LogP contribution in [0.5, 0.6) is 0 Å². The molecule has 36 heavy (non-hydrogen) atoms. The van der Waals surface area contributed by atoms with Crippen LogP contribution in [-0.2, 0) is 11.2 Å². The number of likely N-dealkylation sites (N-methyl/N-ethyl adjacent to an activating group) is 1. The number of nitrogens with zero attached hydrogens (tertiary/aromatic N) is 2. The highest BCUT2D eigenvalue weighted by atomic mass is 35.5. The van der Waals surface area contributed by atoms with Crippen LogP contribution in [-0.4, -0.2) is 61.6 Å². The van der Waals surface area contributed by atoms with E-state index in [0.717, 1.165) is 11.1 Å². The Labute approximate surface area is 214 Å². The molecule has 196 valence electrons. The van der Waals surface area contributed by atoms with Gasteiger partial charge in [0.05, 0.1) is 5.41 Å². The molecule has 0 radical (unpaired) electrons. The predicted molar refractivity (Wildman–Crippen MR) is 133 cm³/mol. The molecule has 1 aliphatic carbocycles. The third-order valence-corrected chi connectivity index (χ3v) is 7.32. The number of hydrogen-bond acceptors (Lipinski definition) is 4. The first kappa shape index (κ1) is 27.9. The molecule has 10 heteroatoms. The van der Waals surface area contributed by atoms with Gasteiger partial charge in [-0.2, -0.15) is 13.2 Å². The summed E-state index contributed by atoms with van der Waals surface area (Å²) in [6.07, 6.45) is -2.74. The smallest absolute Gasteiger partial charge is 0.355 e. The van der Waals surface area contributed by atoms with Gasteiger partial charge in [-0.3, -0.25) is 14.6 Å². The zero-order chi connectivity index (χ0) is 26.7. The number of benzene rings is 1. The number of aromatic nitrogens is 1. The topological polar surface area (TPSA) is 74.3 Å². The van der Waals surface area contributed by atoms with Crippen LogP contribution in [0.4, 0.5) is 13.2 Å². The molecule has 1 aliphatic rings. The molecule has 1 aromatic heterocycles. The summed E-state index contributed by atoms with van der Waals surface area (Å²) in [7, 11) is 5.24. The summed E-state index contributed by atoms with van der Waals surface area (Å²) in [5.74, 6) is -1.74. The van der Waals surface area contributed by atoms with E-state index in [9.17, 15) is 22.8 Å². The fourth-order valence-electron chi connectivity index (χ4n) is 4.48. The lowest BCUT2D eigenvalue weighted by Crippen LogP contribution is -2.43. The van der Waals surface area contributed by atoms with Crippen molar-refractivity contribution in [1.82, 2.24) is 20.5 Å². The van der Waals surface area contributed by atoms with Crippen molar-refractivity contribution in [1.29, 1.82) is 0 Å². The Bertz CT molecular complexity index is 1100. The van der Waals surface area contributed by atoms with Crippen molar-refractivity contribution in [2.75, 3.05) is 27.7 Å². The molecule has 1 unspecified atom stereocenters. The summed E-state index contributed by atoms with van der Waals surface area (Å²) in [6, 6.07) is 8.23. The first-order chi connectivity index (χ1) is 16.9. The Morgan fingerprint density at radius 3 is 2.42 bits per heavy atom. The minimum absolute atomic E-state index is 0.00502. The number of carbonyl (C=O) groups is 2. The van der Waals surface area contributed by atoms with Gasteiger partial charge < -0.3 is 15.5 Å². The zero-order valence-corrected chi connectivity index (χ0v) is 21.6. The molecule has 6 nitrogen and oxygen atoms in total. The molecule has 0 aliphatic heterocycles. The average Bonchev–Trinajstić information content (AvgIpc) is 3.62. The van der Waals surface area contributed by atoms with Crippen molar-refractivity contribution in [3.8, 4) is 0 Å². The number of pyridine rings is 1. The third kappa shape index (κ3) is 6.37. The lowest BCUT2D eigenvalue weighted by molar-refractivity contribution is -0.195. The Kier molecular flexibility index (Phi) is 8.67. The van der Waals surface area contributed by atoms with Gasteiger partial charge in [0.25, 0.3) is 5.91 Å². The van der Waals surface area contributed by atoms with E-state index in [0.29, 0.717) is 22.7 Å². The van der Waals surface area contributed by atoms with Gasteiger partial charge in [-0.15, -0.1) is 0 Å². The maximum atomic E-state index is 14.0. The Hall–Kier alpha value is -2.65. The molecular weight excluding hydrogens is 493 g/mol. The third-order valence-electron chi connectivity index (χ3n) is 6.97. The highest BCUT2D eigenvalue weighted by Crippen LogP contribution is 2.65. The first-order valence-corrected chi connectivity index (χ1v) is 12.2. The number of hydrogen-bond donors (Lipinski definition) is 2. The van der Waals surface area contributed by atoms with Crippen LogP contribution >= 0.6 is 11.6 Å². The number of alkyl halides is 3. The van der Waals surface area contributed by atoms with Gasteiger partial charge in [-0.05, 0) is 75.7 Å². The Morgan fingerprint density at radius 2 is 1.89 bits per heavy atom. The predicted octanol–water partition coefficient (Wildman–Crippen LogP) is 4.51. The van der Waals surface area contributed by atoms with Gasteiger partial charge in [-0.25, -0.2) is 0 Å². The Morgan fingerprint density at radius 1 is 1.19 bits per heavy atom. The highest BCUT2D eigenvalue weighted by molar-refractivity contribution is 6.31. The molecular formula is C26H32ClF3N4O2. The van der Waals surface area contributed by atoms with Crippen LogP contribution in [0.2, 0.25) is 5.02 Å². The maximum absolute atomic E-state index is 14.0. The molecule has 0 bridgehead atoms. The molecule has 3 rings (SSSR count). The van der Waals surface area contributed by atoms with Gasteiger partial charge in [0.15, 0.2) is 0 Å². The number of aryl methyl sites for hydroxylation is 1. The van der Waals surface area contributed by atoms with Gasteiger partial charge in [0, 0.05) is 54.4 Å². The molecule has 1 aromatic carbocycles. The van der Waals surface area contributed by atoms with Gasteiger partial charge in [-0.1, -0.05) is 17.7 Å². The van der Waals surface area contributed by atoms with Crippen molar-refractivity contribution in [3.63, 3.8) is 0 Å². The number of carbonyl (C=O) groups excluding carboxylic acids is 2. The van der Waals surface area contributed by atoms with Crippen molar-refractivity contribution in [3.05, 3.63) is 63.9 Å². The number of halogens is 4. The monoisotopic (exact) mass is 524 g/mol. The molecule has 2 N–H and O–H groups in total. The van der Waals surface area contributed by atoms with Crippen molar-refractivity contribution in [2.45, 2.75) is 50.7 Å². The quantitative estimate of drug-likeness (QED) is 0.480. The average molecular weight is 525 g/mol. The van der Waals surface area contributed by atoms with E-state index in [1.54, 1.807) is 37.3 Å². The standard InChI is InChI=1S/C26H32ClF3N4O2/c1-16-7-10-32-22(11-16)20(25(8-9-25)26(28,29)30)14-23(35)33-15-19(34(3)4)12-17-5-6-18(13-21(17)27)24(36)31-2/h5-7,10-11,13,19-20H,8-9,12,14-15H2,1-4H3,(H,31,36)(H,33,35)/t19-,20?/m0/s1. The van der Waals surface area contributed by atoms with Crippen LogP contribution in [0.1, 0.15) is 52.4 Å². The summed E-state index contributed by atoms with van der Waals surface area (Å²) in [5, 5.41) is 5.80. The second kappa shape index (κ2) is 11.2. The Balaban J connectivity index is 1.71. The van der Waals surface area contributed by atoms with Gasteiger partial charge in [0.1, 0.15) is 0 Å². The largest absolute Gasteiger partial charge is 0.395 e. The summed E-state index contributed by atoms with van der Waals surface area (Å²) in [6.45, 7) is 2.02. The molecule has 2 atom stereocenters. The van der Waals surface area contributed by atoms with E-state index in [4.69, 9.17) is 11.6 Å². The highest BCUT2D eigenvalue weighted by Gasteiger charge is 2.67. The molecule has 2 amide bonds. The lowest BCUT2D eigenvalue weighted by Gasteiger charge is -2.29. The van der Waals surface area contributed by atoms with E-state index in [1.165, 1.54) is 13.2 Å². The maximum Gasteiger partial charge on any atom is 0.395 e. The molecule has 1 saturated carbocycles. The molecule has 0 spiro atoms. The van der Waals surface area contributed by atoms with E-state index >= 15 is 0 Å². The fourth-order valence-corrected chi connectivity index (χ4v) is 4.73. The summed E-state index contributed by atoms with van der Waals surface area (Å²) >= 11 is 6.39. The number of rotatable bonds is 10. The minimum Gasteiger partial charge on any atom is -0.355 e. The van der Waals surface area contributed by atoms with Crippen LogP contribution in [0.25, 0.3) is 0 Å². The van der Waals surface area contributed by atoms with Crippen LogP contribution in [0.3, 0.4) is 0 Å². The van der Waals surface area contributed by atoms with Crippen molar-refractivity contribution in [2.24, 2.45) is 5.41 Å². The zero-order valence-electron chi connectivity index (χ0n) is 20.9. The summed E-state index contributed by atoms with van der Waals surface area (Å²) in [4.78, 5) is 30.9. The second-order valence-electron chi connectivity index (χ2n) is 9.68. The second-order valence-corrected chi connectivity index (χ2v) is 10.1. The number of nitrogens with one attached hydrogen (secondary N) is 2. The van der Waals surface area contributed by atoms with Crippen molar-refractivity contribution < 1.29 is 22.8 Å². The minimum atomic E-state index is -4.41. The molecule has 0 saturated heterocycles. The lowest BCUT2D eigenvalue weighted by atomic mass is 9.82. The van der Waals surface area contributed by atoms with E-state index in [1.807, 2.05) is 19.0 Å². The fraction of sp³-hybridized carbons (Fsp3) is 0.500. The van der Waals surface area contributed by atoms with E-state index in [-0.39, 0.29) is 37.8 Å². The summed E-state index contributed by atoms with van der Waals surface area (Å²) in [5.41, 5.74) is 0.428. The summed E-state index contributed by atoms with van der Waals surface area (Å²) < 4.78 is 41.9. The number of amides is 2. The molecule has 2 aromatic rings. The van der Waals surface area contributed by atoms with Crippen LogP contribution < -0.4 is 10.6 Å². The van der Waals surface area contributed by atoms with Gasteiger partial charge in [0.2, 0.25) is 5.91 Å². The first-order valence-electron chi connectivity index (χ1n) is 11.8. The van der Waals surface area contributed by atoms with Crippen molar-refractivity contribution >= 4 is 23.4 Å². The van der Waals surface area contributed by atoms with Crippen LogP contribution in [0.15, 0.2) is 36.5 Å². The van der Waals surface area contributed by atoms with Crippen LogP contribution in [0, 0.1) is 12.3 Å². The van der Waals surface area contributed by atoms with Gasteiger partial charge >= 0.3 is 6.18 Å². The van der Waals surface area contributed by atoms with E-state index < -0.39 is 23.4 Å². The molecule has 1 heterocycles. The molecule has 1 fully saturated rings.